The molecule has 0 fully saturated rings. The fourth-order valence-corrected chi connectivity index (χ4v) is 2.89. The Balaban J connectivity index is 1.92. The Hall–Kier alpha value is -2.89. The number of aryl methyl sites for hydroxylation is 2. The number of ether oxygens (including phenoxy) is 2. The van der Waals surface area contributed by atoms with E-state index in [4.69, 9.17) is 9.47 Å². The fourth-order valence-electron chi connectivity index (χ4n) is 2.89. The van der Waals surface area contributed by atoms with Crippen LogP contribution in [0.15, 0.2) is 24.3 Å². The van der Waals surface area contributed by atoms with Crippen LogP contribution >= 0.6 is 0 Å². The maximum absolute atomic E-state index is 12.3. The molecule has 26 heavy (non-hydrogen) atoms. The van der Waals surface area contributed by atoms with Crippen molar-refractivity contribution in [1.29, 1.82) is 0 Å². The van der Waals surface area contributed by atoms with Gasteiger partial charge in [-0.3, -0.25) is 9.59 Å². The number of ketones is 2. The number of esters is 1. The van der Waals surface area contributed by atoms with Crippen LogP contribution in [0.2, 0.25) is 0 Å². The number of para-hydroxylation sites is 1. The molecule has 0 aliphatic rings. The second-order valence-electron chi connectivity index (χ2n) is 6.01. The van der Waals surface area contributed by atoms with Crippen LogP contribution in [0.1, 0.15) is 51.5 Å². The smallest absolute Gasteiger partial charge is 0.344 e. The van der Waals surface area contributed by atoms with Crippen LogP contribution in [0.25, 0.3) is 0 Å². The lowest BCUT2D eigenvalue weighted by Crippen LogP contribution is -2.20. The van der Waals surface area contributed by atoms with Crippen LogP contribution in [0.3, 0.4) is 0 Å². The minimum absolute atomic E-state index is 0.115. The molecule has 0 amide bonds. The van der Waals surface area contributed by atoms with Gasteiger partial charge in [-0.2, -0.15) is 0 Å². The normalized spacial score (nSPS) is 10.5. The lowest BCUT2D eigenvalue weighted by molar-refractivity contribution is -0.144. The monoisotopic (exact) mass is 357 g/mol. The molecule has 1 N–H and O–H groups in total. The van der Waals surface area contributed by atoms with E-state index in [1.165, 1.54) is 6.92 Å². The predicted octanol–water partition coefficient (Wildman–Crippen LogP) is 3.20. The first-order valence-electron chi connectivity index (χ1n) is 8.44. The number of aromatic amines is 1. The third-order valence-electron chi connectivity index (χ3n) is 4.13. The van der Waals surface area contributed by atoms with Gasteiger partial charge in [-0.25, -0.2) is 4.79 Å². The molecule has 1 aromatic carbocycles. The number of hydrogen-bond acceptors (Lipinski definition) is 5. The first-order chi connectivity index (χ1) is 12.3. The molecule has 2 aromatic rings. The lowest BCUT2D eigenvalue weighted by Gasteiger charge is -2.10. The van der Waals surface area contributed by atoms with Gasteiger partial charge in [0.1, 0.15) is 5.75 Å². The van der Waals surface area contributed by atoms with Crippen LogP contribution in [0.5, 0.6) is 5.75 Å². The molecule has 0 saturated heterocycles. The molecule has 0 aliphatic heterocycles. The molecule has 0 unspecified atom stereocenters. The van der Waals surface area contributed by atoms with Crippen LogP contribution in [0.4, 0.5) is 0 Å². The first-order valence-corrected chi connectivity index (χ1v) is 8.44. The minimum Gasteiger partial charge on any atom is -0.482 e. The Morgan fingerprint density at radius 2 is 1.77 bits per heavy atom. The van der Waals surface area contributed by atoms with Crippen molar-refractivity contribution < 1.29 is 23.9 Å². The third kappa shape index (κ3) is 4.39. The average molecular weight is 357 g/mol. The first kappa shape index (κ1) is 19.4. The van der Waals surface area contributed by atoms with E-state index in [1.807, 2.05) is 25.1 Å². The molecule has 0 aliphatic carbocycles. The number of hydrogen-bond donors (Lipinski definition) is 1. The summed E-state index contributed by atoms with van der Waals surface area (Å²) in [6.45, 7) is 6.19. The SMILES string of the molecule is CCc1ccccc1OCC(=O)OCC(=O)c1[nH]c(C)c(C(C)=O)c1C. The fraction of sp³-hybridized carbons (Fsp3) is 0.350. The number of nitrogens with one attached hydrogen (secondary N) is 1. The lowest BCUT2D eigenvalue weighted by atomic mass is 10.1. The van der Waals surface area contributed by atoms with Crippen LogP contribution < -0.4 is 4.74 Å². The molecule has 138 valence electrons. The maximum Gasteiger partial charge on any atom is 0.344 e. The highest BCUT2D eigenvalue weighted by Gasteiger charge is 2.20. The van der Waals surface area contributed by atoms with Crippen molar-refractivity contribution >= 4 is 17.5 Å². The summed E-state index contributed by atoms with van der Waals surface area (Å²) >= 11 is 0. The number of benzene rings is 1. The Labute approximate surface area is 152 Å². The zero-order valence-electron chi connectivity index (χ0n) is 15.5. The Kier molecular flexibility index (Phi) is 6.33. The molecule has 1 aromatic heterocycles. The van der Waals surface area contributed by atoms with Crippen LogP contribution in [-0.2, 0) is 16.0 Å². The van der Waals surface area contributed by atoms with Gasteiger partial charge in [0.05, 0.1) is 5.69 Å². The highest BCUT2D eigenvalue weighted by atomic mass is 16.6. The zero-order chi connectivity index (χ0) is 19.3. The number of Topliss-reactive ketones (excluding diaryl/α,β-unsaturated/α-hetero) is 2. The average Bonchev–Trinajstić information content (AvgIpc) is 2.92. The summed E-state index contributed by atoms with van der Waals surface area (Å²) < 4.78 is 10.5. The molecule has 0 spiro atoms. The van der Waals surface area contributed by atoms with Crippen molar-refractivity contribution in [2.75, 3.05) is 13.2 Å². The third-order valence-corrected chi connectivity index (χ3v) is 4.13. The van der Waals surface area contributed by atoms with Crippen molar-refractivity contribution in [3.63, 3.8) is 0 Å². The quantitative estimate of drug-likeness (QED) is 0.579. The largest absolute Gasteiger partial charge is 0.482 e. The molecule has 2 rings (SSSR count). The van der Waals surface area contributed by atoms with Gasteiger partial charge < -0.3 is 14.5 Å². The molecule has 0 atom stereocenters. The topological polar surface area (TPSA) is 85.5 Å². The van der Waals surface area contributed by atoms with Gasteiger partial charge in [0.15, 0.2) is 19.0 Å². The van der Waals surface area contributed by atoms with Gasteiger partial charge in [-0.05, 0) is 44.4 Å². The number of H-pyrrole nitrogens is 1. The van der Waals surface area contributed by atoms with Crippen molar-refractivity contribution in [1.82, 2.24) is 4.98 Å². The molecule has 1 heterocycles. The number of carbonyl (C=O) groups excluding carboxylic acids is 3. The van der Waals surface area contributed by atoms with E-state index in [0.717, 1.165) is 12.0 Å². The molecular formula is C20H23NO5. The van der Waals surface area contributed by atoms with Crippen LogP contribution in [-0.4, -0.2) is 35.7 Å². The second kappa shape index (κ2) is 8.47. The van der Waals surface area contributed by atoms with Gasteiger partial charge in [-0.1, -0.05) is 25.1 Å². The second-order valence-corrected chi connectivity index (χ2v) is 6.01. The molecule has 0 saturated carbocycles. The van der Waals surface area contributed by atoms with Gasteiger partial charge in [0.25, 0.3) is 0 Å². The van der Waals surface area contributed by atoms with E-state index in [0.29, 0.717) is 22.6 Å². The molecule has 6 heteroatoms. The predicted molar refractivity (Wildman–Crippen MR) is 96.9 cm³/mol. The summed E-state index contributed by atoms with van der Waals surface area (Å²) in [6, 6.07) is 7.43. The Morgan fingerprint density at radius 1 is 1.08 bits per heavy atom. The Bertz CT molecular complexity index is 835. The number of rotatable bonds is 8. The summed E-state index contributed by atoms with van der Waals surface area (Å²) in [5.41, 5.74) is 2.98. The summed E-state index contributed by atoms with van der Waals surface area (Å²) in [6.07, 6.45) is 0.785. The van der Waals surface area contributed by atoms with Gasteiger partial charge in [-0.15, -0.1) is 0 Å². The number of carbonyl (C=O) groups is 3. The summed E-state index contributed by atoms with van der Waals surface area (Å²) in [7, 11) is 0. The van der Waals surface area contributed by atoms with E-state index in [-0.39, 0.29) is 23.9 Å². The van der Waals surface area contributed by atoms with Crippen molar-refractivity contribution in [2.24, 2.45) is 0 Å². The summed E-state index contributed by atoms with van der Waals surface area (Å²) in [4.78, 5) is 38.7. The summed E-state index contributed by atoms with van der Waals surface area (Å²) in [5.74, 6) is -0.507. The van der Waals surface area contributed by atoms with Crippen LogP contribution in [0, 0.1) is 13.8 Å². The highest BCUT2D eigenvalue weighted by molar-refractivity contribution is 6.04. The zero-order valence-corrected chi connectivity index (χ0v) is 15.5. The van der Waals surface area contributed by atoms with E-state index in [9.17, 15) is 14.4 Å². The molecular weight excluding hydrogens is 334 g/mol. The Morgan fingerprint density at radius 3 is 2.38 bits per heavy atom. The van der Waals surface area contributed by atoms with Crippen molar-refractivity contribution in [3.05, 3.63) is 52.3 Å². The number of aromatic nitrogens is 1. The van der Waals surface area contributed by atoms with Gasteiger partial charge in [0, 0.05) is 11.3 Å². The maximum atomic E-state index is 12.3. The van der Waals surface area contributed by atoms with E-state index in [1.54, 1.807) is 19.9 Å². The van der Waals surface area contributed by atoms with E-state index >= 15 is 0 Å². The standard InChI is InChI=1S/C20H23NO5/c1-5-15-8-6-7-9-17(15)25-11-18(24)26-10-16(23)20-12(2)19(14(4)22)13(3)21-20/h6-9,21H,5,10-11H2,1-4H3. The highest BCUT2D eigenvalue weighted by Crippen LogP contribution is 2.19. The summed E-state index contributed by atoms with van der Waals surface area (Å²) in [5, 5.41) is 0. The van der Waals surface area contributed by atoms with Gasteiger partial charge >= 0.3 is 5.97 Å². The molecule has 0 radical (unpaired) electrons. The van der Waals surface area contributed by atoms with Gasteiger partial charge in [0.2, 0.25) is 5.78 Å². The van der Waals surface area contributed by atoms with E-state index < -0.39 is 12.6 Å². The van der Waals surface area contributed by atoms with E-state index in [2.05, 4.69) is 4.98 Å². The molecule has 0 bridgehead atoms. The minimum atomic E-state index is -0.628. The van der Waals surface area contributed by atoms with Crippen molar-refractivity contribution in [3.8, 4) is 5.75 Å². The van der Waals surface area contributed by atoms with Crippen molar-refractivity contribution in [2.45, 2.75) is 34.1 Å². The molecule has 6 nitrogen and oxygen atoms in total.